The lowest BCUT2D eigenvalue weighted by Gasteiger charge is -2.45. The molecule has 33 heteroatoms. The van der Waals surface area contributed by atoms with Crippen LogP contribution in [-0.4, -0.2) is 212 Å². The normalized spacial score (nSPS) is 24.3. The molecule has 20 atom stereocenters. The monoisotopic (exact) mass is 2030 g/mol. The molecule has 0 saturated carbocycles. The predicted octanol–water partition coefficient (Wildman–Crippen LogP) is 15.4. The highest BCUT2D eigenvalue weighted by Gasteiger charge is 2.55. The van der Waals surface area contributed by atoms with Gasteiger partial charge in [0.2, 0.25) is 0 Å². The van der Waals surface area contributed by atoms with Crippen molar-refractivity contribution in [2.45, 2.75) is 360 Å². The van der Waals surface area contributed by atoms with E-state index in [1.165, 1.54) is 20.7 Å². The van der Waals surface area contributed by atoms with E-state index < -0.39 is 70.6 Å². The number of halogens is 1. The third-order valence-corrected chi connectivity index (χ3v) is 36.2. The molecule has 9 aliphatic heterocycles. The van der Waals surface area contributed by atoms with E-state index in [9.17, 15) is 77.6 Å². The molecule has 2 unspecified atom stereocenters. The predicted molar refractivity (Wildman–Crippen MR) is 535 cm³/mol. The van der Waals surface area contributed by atoms with Crippen LogP contribution in [0.25, 0.3) is 0 Å². The Hall–Kier alpha value is -10.7. The number of carbonyl (C=O) groups is 13. The molecule has 6 aromatic rings. The van der Waals surface area contributed by atoms with Crippen molar-refractivity contribution < 1.29 is 144 Å². The Balaban J connectivity index is 0.000000224. The quantitative estimate of drug-likeness (QED) is 0.0153. The van der Waals surface area contributed by atoms with Gasteiger partial charge in [-0.25, -0.2) is 14.4 Å². The maximum Gasteiger partial charge on any atom is 0.345 e. The van der Waals surface area contributed by atoms with Gasteiger partial charge in [0.25, 0.3) is 21.9 Å². The zero-order valence-corrected chi connectivity index (χ0v) is 87.8. The smallest absolute Gasteiger partial charge is 0.345 e. The number of hydrogen-bond acceptors (Lipinski definition) is 29. The second-order valence-corrected chi connectivity index (χ2v) is 47.5. The van der Waals surface area contributed by atoms with Crippen molar-refractivity contribution in [3.63, 3.8) is 0 Å². The van der Waals surface area contributed by atoms with Gasteiger partial charge in [-0.15, -0.1) is 0 Å². The van der Waals surface area contributed by atoms with Crippen molar-refractivity contribution in [3.05, 3.63) is 193 Å². The summed E-state index contributed by atoms with van der Waals surface area (Å²) in [6.45, 7) is 34.8. The number of esters is 10. The van der Waals surface area contributed by atoms with Crippen LogP contribution in [0.4, 0.5) is 0 Å². The largest absolute Gasteiger partial charge is 0.479 e. The van der Waals surface area contributed by atoms with Crippen molar-refractivity contribution in [2.24, 2.45) is 23.7 Å². The zero-order valence-electron chi connectivity index (χ0n) is 85.0. The number of carbonyl (C=O) groups excluding carboxylic acids is 12. The summed E-state index contributed by atoms with van der Waals surface area (Å²) < 4.78 is 70.6. The number of hydrogen-bond donors (Lipinski definition) is 4. The summed E-state index contributed by atoms with van der Waals surface area (Å²) in [5, 5.41) is 40.6. The molecular weight excluding hydrogens is 1880 g/mol. The van der Waals surface area contributed by atoms with Crippen LogP contribution in [0.15, 0.2) is 182 Å². The molecule has 0 bridgehead atoms. The van der Waals surface area contributed by atoms with Gasteiger partial charge in [0.15, 0.2) is 30.4 Å². The second-order valence-electron chi connectivity index (χ2n) is 38.6. The highest BCUT2D eigenvalue weighted by molar-refractivity contribution is 7.00. The van der Waals surface area contributed by atoms with Crippen LogP contribution in [0.1, 0.15) is 273 Å². The van der Waals surface area contributed by atoms with E-state index in [4.69, 9.17) is 68.2 Å². The average molecular weight is 2030 g/mol. The second kappa shape index (κ2) is 57.7. The van der Waals surface area contributed by atoms with Crippen molar-refractivity contribution in [2.75, 3.05) is 0 Å². The van der Waals surface area contributed by atoms with Gasteiger partial charge in [0, 0.05) is 70.1 Å². The number of benzene rings is 6. The Labute approximate surface area is 841 Å². The van der Waals surface area contributed by atoms with Crippen LogP contribution in [0.3, 0.4) is 0 Å². The van der Waals surface area contributed by atoms with Crippen LogP contribution in [0, 0.1) is 23.7 Å². The van der Waals surface area contributed by atoms with Gasteiger partial charge in [-0.05, 0) is 137 Å². The molecule has 0 radical (unpaired) electrons. The number of aliphatic hydroxyl groups excluding tert-OH is 3. The molecule has 0 aromatic heterocycles. The fourth-order valence-electron chi connectivity index (χ4n) is 17.7. The summed E-state index contributed by atoms with van der Waals surface area (Å²) >= 11 is 5.03. The fourth-order valence-corrected chi connectivity index (χ4v) is 27.4. The van der Waals surface area contributed by atoms with E-state index in [0.717, 1.165) is 25.7 Å². The Morgan fingerprint density at radius 1 is 0.366 bits per heavy atom. The molecule has 6 aromatic carbocycles. The number of carboxylic acids is 1. The van der Waals surface area contributed by atoms with Crippen molar-refractivity contribution in [1.29, 1.82) is 0 Å². The van der Waals surface area contributed by atoms with E-state index in [1.807, 2.05) is 91.8 Å². The molecule has 9 fully saturated rings. The maximum atomic E-state index is 12.0. The van der Waals surface area contributed by atoms with Crippen LogP contribution < -0.4 is 20.7 Å². The minimum Gasteiger partial charge on any atom is -0.479 e. The SMILES string of the molecule is CCC(=O)[C@@H]1CCC(=O)O1.CCC(O)[C@@H]1CCC(=O)O1.CC[C@H](O)[C@@H]1C[C@@H](C)C(=O)O1.CC[C@H](OC(=O)c1ccccc1)[C@@H]1C[C@@H](C)C(=O)O1.CC[C@H](OC(=O)c1ccccc1)[C@@H]1C[C@@H](C)C(O)O1.CC[C@H](O[Si](c1ccccc1)(c1ccccc1)C(C)(C)C)[C@@H]1CCC(=O)O1.CC[C@H](O[Si](c1ccccc1)(c1ccccc1)C(C)(C)C)[C@@H]1C[C@@H](C)C(=O)O1.O=C1CC[C@@H](C(=O)Cl)O1.O=C1CC[C@@H](C(=O)O)O1. The lowest BCUT2D eigenvalue weighted by atomic mass is 10.0. The Bertz CT molecular complexity index is 4860. The summed E-state index contributed by atoms with van der Waals surface area (Å²) in [5.74, 6) is -3.65. The molecule has 0 amide bonds. The van der Waals surface area contributed by atoms with Gasteiger partial charge >= 0.3 is 65.7 Å². The number of carboxylic acid groups (broad SMARTS) is 1. The van der Waals surface area contributed by atoms with E-state index in [1.54, 1.807) is 55.5 Å². The van der Waals surface area contributed by atoms with Gasteiger partial charge in [-0.1, -0.05) is 275 Å². The number of ether oxygens (including phenoxy) is 11. The molecule has 0 spiro atoms. The Kier molecular flexibility index (Phi) is 48.1. The van der Waals surface area contributed by atoms with Gasteiger partial charge < -0.3 is 81.4 Å². The number of Topliss-reactive ketones (excluding diaryl/α,β-unsaturated/α-hetero) is 1. The minimum absolute atomic E-state index is 0.0332. The van der Waals surface area contributed by atoms with Crippen molar-refractivity contribution in [1.82, 2.24) is 0 Å². The first-order valence-corrected chi connectivity index (χ1v) is 54.0. The maximum absolute atomic E-state index is 12.0. The van der Waals surface area contributed by atoms with Crippen molar-refractivity contribution >= 4 is 126 Å². The molecule has 9 saturated heterocycles. The van der Waals surface area contributed by atoms with Crippen LogP contribution >= 0.6 is 11.6 Å². The third-order valence-electron chi connectivity index (χ3n) is 25.9. The molecule has 15 rings (SSSR count). The lowest BCUT2D eigenvalue weighted by molar-refractivity contribution is -0.156. The van der Waals surface area contributed by atoms with Crippen molar-refractivity contribution in [3.8, 4) is 0 Å². The van der Waals surface area contributed by atoms with E-state index in [2.05, 4.69) is 162 Å². The topological polar surface area (TPSA) is 423 Å². The van der Waals surface area contributed by atoms with E-state index >= 15 is 0 Å². The van der Waals surface area contributed by atoms with Gasteiger partial charge in [0.1, 0.15) is 42.7 Å². The van der Waals surface area contributed by atoms with E-state index in [-0.39, 0.29) is 161 Å². The van der Waals surface area contributed by atoms with Gasteiger partial charge in [-0.2, -0.15) is 0 Å². The summed E-state index contributed by atoms with van der Waals surface area (Å²) in [6.07, 6.45) is 6.07. The lowest BCUT2D eigenvalue weighted by Crippen LogP contribution is -2.68. The fraction of sp³-hybridized carbons (Fsp3) is 0.550. The molecule has 9 heterocycles. The first kappa shape index (κ1) is 118. The summed E-state index contributed by atoms with van der Waals surface area (Å²) in [4.78, 5) is 143. The molecule has 9 aliphatic rings. The first-order chi connectivity index (χ1) is 67.4. The number of ketones is 1. The highest BCUT2D eigenvalue weighted by Crippen LogP contribution is 2.42. The standard InChI is InChI=1S/C24H32O3Si.C23H30O3Si.C15H20O4.C15H18O4.C8H14O3.C7H12O3.C7H10O3.C5H5ClO3.C5H6O4/c1-6-21(22-17-18(2)23(25)26-22)27-28(24(3,4)5,19-13-9-7-10-14-19)20-15-11-8-12-16-20;1-5-20(21-16-17-22(24)25-21)26-27(23(2,3)4,18-12-8-6-9-13-18)19-14-10-7-11-15-19;2*1-3-12(13-9-10(2)14(16)19-13)18-15(17)11-7-5-4-6-8-11;1-3-6(9)7-4-5(2)8(10)11-7;2*1-2-5(8)6-3-4-7(9)10-6;6-5(8)3-1-2-4(7)9-3;6-4-2-1-3(9-4)5(7)8/h7-16,18,21-22H,6,17H2,1-5H3;6-15,20-21H,5,16-17H2,1-4H3;4-8,10,12-14,16H,3,9H2,1-2H3;4-8,10,12-13H,3,9H2,1-2H3;5-7,9H,3-4H2,1-2H3;5-6,8H,2-4H2,1H3;6H,2-4H2,1H3;3H,1-2H2;3H,1-2H2,(H,7,8)/t18-,21+,22+;20-,21-;10-,12+,13+,14?;10-,12+,13+;5-,6+,7+;5?,6-;6-;2*3-/m101110000/s1. The average Bonchev–Trinajstić information content (AvgIpc) is 1.05. The summed E-state index contributed by atoms with van der Waals surface area (Å²) in [7, 11) is -5.25. The molecule has 4 N–H and O–H groups in total. The van der Waals surface area contributed by atoms with Gasteiger partial charge in [-0.3, -0.25) is 47.9 Å². The molecule has 142 heavy (non-hydrogen) atoms. The highest BCUT2D eigenvalue weighted by atomic mass is 35.5. The summed E-state index contributed by atoms with van der Waals surface area (Å²) in [6, 6.07) is 60.2. The number of cyclic esters (lactones) is 8. The Morgan fingerprint density at radius 3 is 0.923 bits per heavy atom. The summed E-state index contributed by atoms with van der Waals surface area (Å²) in [5.41, 5.74) is 1.05. The number of aliphatic carboxylic acids is 1. The van der Waals surface area contributed by atoms with Crippen LogP contribution in [-0.2, 0) is 114 Å². The zero-order chi connectivity index (χ0) is 105. The molecule has 30 nitrogen and oxygen atoms in total. The molecular formula is C109H147ClO30Si2. The Morgan fingerprint density at radius 2 is 0.662 bits per heavy atom. The van der Waals surface area contributed by atoms with Crippen LogP contribution in [0.5, 0.6) is 0 Å². The minimum atomic E-state index is -2.64. The molecule has 0 aliphatic carbocycles. The molecule has 778 valence electrons. The van der Waals surface area contributed by atoms with Crippen LogP contribution in [0.2, 0.25) is 10.1 Å². The van der Waals surface area contributed by atoms with E-state index in [0.29, 0.717) is 114 Å². The number of rotatable bonds is 28. The van der Waals surface area contributed by atoms with Gasteiger partial charge in [0.05, 0.1) is 59.4 Å². The third kappa shape index (κ3) is 34.5. The first-order valence-electron chi connectivity index (χ1n) is 49.8. The number of aliphatic hydroxyl groups is 3.